The molecule has 0 bridgehead atoms. The van der Waals surface area contributed by atoms with E-state index in [-0.39, 0.29) is 12.5 Å². The molecular formula is C29H26N2O2. The third-order valence-corrected chi connectivity index (χ3v) is 5.36. The second-order valence-electron chi connectivity index (χ2n) is 7.88. The fourth-order valence-electron chi connectivity index (χ4n) is 3.37. The zero-order valence-corrected chi connectivity index (χ0v) is 18.8. The number of carbonyl (C=O) groups excluding carboxylic acids is 1. The van der Waals surface area contributed by atoms with Gasteiger partial charge in [0.25, 0.3) is 5.91 Å². The predicted octanol–water partition coefficient (Wildman–Crippen LogP) is 6.74. The van der Waals surface area contributed by atoms with Crippen molar-refractivity contribution in [3.63, 3.8) is 0 Å². The van der Waals surface area contributed by atoms with E-state index in [4.69, 9.17) is 4.74 Å². The highest BCUT2D eigenvalue weighted by Gasteiger charge is 2.05. The molecule has 0 saturated heterocycles. The number of anilines is 1. The van der Waals surface area contributed by atoms with Crippen LogP contribution in [0.3, 0.4) is 0 Å². The van der Waals surface area contributed by atoms with Crippen LogP contribution < -0.4 is 10.1 Å². The smallest absolute Gasteiger partial charge is 0.262 e. The third kappa shape index (κ3) is 6.17. The Bertz CT molecular complexity index is 1260. The number of nitrogens with one attached hydrogen (secondary N) is 1. The lowest BCUT2D eigenvalue weighted by atomic mass is 10.1. The third-order valence-electron chi connectivity index (χ3n) is 5.36. The summed E-state index contributed by atoms with van der Waals surface area (Å²) in [7, 11) is 0. The first-order valence-electron chi connectivity index (χ1n) is 10.9. The van der Waals surface area contributed by atoms with Crippen molar-refractivity contribution in [3.8, 4) is 16.9 Å². The molecule has 0 aliphatic carbocycles. The van der Waals surface area contributed by atoms with Gasteiger partial charge in [0.2, 0.25) is 0 Å². The largest absolute Gasteiger partial charge is 0.484 e. The van der Waals surface area contributed by atoms with Crippen molar-refractivity contribution in [2.24, 2.45) is 4.99 Å². The van der Waals surface area contributed by atoms with Gasteiger partial charge in [-0.3, -0.25) is 9.79 Å². The number of hydrogen-bond acceptors (Lipinski definition) is 3. The highest BCUT2D eigenvalue weighted by molar-refractivity contribution is 5.92. The van der Waals surface area contributed by atoms with Crippen LogP contribution in [0, 0.1) is 13.8 Å². The topological polar surface area (TPSA) is 50.7 Å². The molecule has 0 unspecified atom stereocenters. The Morgan fingerprint density at radius 1 is 0.818 bits per heavy atom. The number of hydrogen-bond donors (Lipinski definition) is 1. The molecular weight excluding hydrogens is 408 g/mol. The predicted molar refractivity (Wildman–Crippen MR) is 136 cm³/mol. The lowest BCUT2D eigenvalue weighted by molar-refractivity contribution is -0.118. The highest BCUT2D eigenvalue weighted by Crippen LogP contribution is 2.22. The fraction of sp³-hybridized carbons (Fsp3) is 0.103. The number of ether oxygens (including phenoxy) is 1. The van der Waals surface area contributed by atoms with Gasteiger partial charge in [-0.1, -0.05) is 60.7 Å². The SMILES string of the molecule is Cc1ccc(NC(=O)COc2cccc(C=Nc3ccc(-c4ccccc4)cc3)c2)cc1C. The van der Waals surface area contributed by atoms with E-state index < -0.39 is 0 Å². The number of aryl methyl sites for hydroxylation is 2. The van der Waals surface area contributed by atoms with Crippen molar-refractivity contribution in [3.05, 3.63) is 114 Å². The summed E-state index contributed by atoms with van der Waals surface area (Å²) in [6.45, 7) is 4.00. The monoisotopic (exact) mass is 434 g/mol. The van der Waals surface area contributed by atoms with Gasteiger partial charge in [0.15, 0.2) is 6.61 Å². The number of benzene rings is 4. The molecule has 0 aromatic heterocycles. The average Bonchev–Trinajstić information content (AvgIpc) is 2.85. The minimum atomic E-state index is -0.198. The van der Waals surface area contributed by atoms with E-state index in [0.29, 0.717) is 5.75 Å². The van der Waals surface area contributed by atoms with Gasteiger partial charge in [-0.15, -0.1) is 0 Å². The molecule has 164 valence electrons. The Morgan fingerprint density at radius 3 is 2.33 bits per heavy atom. The summed E-state index contributed by atoms with van der Waals surface area (Å²) >= 11 is 0. The molecule has 4 heteroatoms. The second kappa shape index (κ2) is 10.4. The Hall–Kier alpha value is -4.18. The van der Waals surface area contributed by atoms with Crippen LogP contribution in [0.4, 0.5) is 11.4 Å². The molecule has 4 aromatic carbocycles. The van der Waals surface area contributed by atoms with Crippen LogP contribution in [-0.2, 0) is 4.79 Å². The Kier molecular flexibility index (Phi) is 6.96. The molecule has 33 heavy (non-hydrogen) atoms. The van der Waals surface area contributed by atoms with E-state index >= 15 is 0 Å². The van der Waals surface area contributed by atoms with E-state index in [0.717, 1.165) is 28.1 Å². The molecule has 4 rings (SSSR count). The van der Waals surface area contributed by atoms with Crippen LogP contribution in [0.15, 0.2) is 102 Å². The normalized spacial score (nSPS) is 10.8. The first-order valence-corrected chi connectivity index (χ1v) is 10.9. The van der Waals surface area contributed by atoms with E-state index in [2.05, 4.69) is 34.6 Å². The number of aliphatic imine (C=N–C) groups is 1. The van der Waals surface area contributed by atoms with Gasteiger partial charge < -0.3 is 10.1 Å². The molecule has 0 fully saturated rings. The van der Waals surface area contributed by atoms with E-state index in [9.17, 15) is 4.79 Å². The number of carbonyl (C=O) groups is 1. The Labute approximate surface area is 194 Å². The second-order valence-corrected chi connectivity index (χ2v) is 7.88. The van der Waals surface area contributed by atoms with Gasteiger partial charge in [-0.2, -0.15) is 0 Å². The molecule has 4 nitrogen and oxygen atoms in total. The fourth-order valence-corrected chi connectivity index (χ4v) is 3.37. The lowest BCUT2D eigenvalue weighted by Gasteiger charge is -2.09. The molecule has 0 saturated carbocycles. The highest BCUT2D eigenvalue weighted by atomic mass is 16.5. The van der Waals surface area contributed by atoms with Gasteiger partial charge in [0.05, 0.1) is 5.69 Å². The number of nitrogens with zero attached hydrogens (tertiary/aromatic N) is 1. The maximum Gasteiger partial charge on any atom is 0.262 e. The lowest BCUT2D eigenvalue weighted by Crippen LogP contribution is -2.20. The molecule has 0 aliphatic rings. The summed E-state index contributed by atoms with van der Waals surface area (Å²) < 4.78 is 5.68. The van der Waals surface area contributed by atoms with E-state index in [1.54, 1.807) is 6.21 Å². The molecule has 0 aliphatic heterocycles. The maximum absolute atomic E-state index is 12.2. The van der Waals surface area contributed by atoms with Crippen molar-refractivity contribution in [1.82, 2.24) is 0 Å². The summed E-state index contributed by atoms with van der Waals surface area (Å²) in [6.07, 6.45) is 1.79. The summed E-state index contributed by atoms with van der Waals surface area (Å²) in [4.78, 5) is 16.8. The molecule has 1 N–H and O–H groups in total. The standard InChI is InChI=1S/C29H26N2O2/c1-21-11-14-27(17-22(21)2)31-29(32)20-33-28-10-6-7-23(18-28)19-30-26-15-12-25(13-16-26)24-8-4-3-5-9-24/h3-19H,20H2,1-2H3,(H,31,32). The quantitative estimate of drug-likeness (QED) is 0.328. The van der Waals surface area contributed by atoms with Crippen LogP contribution in [0.25, 0.3) is 11.1 Å². The first kappa shape index (κ1) is 22.0. The van der Waals surface area contributed by atoms with E-state index in [1.807, 2.05) is 86.6 Å². The van der Waals surface area contributed by atoms with Crippen LogP contribution >= 0.6 is 0 Å². The molecule has 0 heterocycles. The van der Waals surface area contributed by atoms with Crippen molar-refractivity contribution >= 4 is 23.5 Å². The number of amides is 1. The maximum atomic E-state index is 12.2. The van der Waals surface area contributed by atoms with Gasteiger partial charge in [0.1, 0.15) is 5.75 Å². The number of rotatable bonds is 7. The summed E-state index contributed by atoms with van der Waals surface area (Å²) in [6, 6.07) is 31.7. The van der Waals surface area contributed by atoms with E-state index in [1.165, 1.54) is 11.1 Å². The summed E-state index contributed by atoms with van der Waals surface area (Å²) in [5.74, 6) is 0.421. The van der Waals surface area contributed by atoms with Crippen molar-refractivity contribution in [2.75, 3.05) is 11.9 Å². The van der Waals surface area contributed by atoms with Crippen LogP contribution in [0.1, 0.15) is 16.7 Å². The van der Waals surface area contributed by atoms with Crippen LogP contribution in [-0.4, -0.2) is 18.7 Å². The van der Waals surface area contributed by atoms with Gasteiger partial charge >= 0.3 is 0 Å². The minimum Gasteiger partial charge on any atom is -0.484 e. The zero-order chi connectivity index (χ0) is 23.0. The van der Waals surface area contributed by atoms with Gasteiger partial charge in [-0.05, 0) is 78.1 Å². The molecule has 4 aromatic rings. The molecule has 0 spiro atoms. The van der Waals surface area contributed by atoms with Gasteiger partial charge in [-0.25, -0.2) is 0 Å². The van der Waals surface area contributed by atoms with Crippen molar-refractivity contribution in [2.45, 2.75) is 13.8 Å². The molecule has 1 amide bonds. The summed E-state index contributed by atoms with van der Waals surface area (Å²) in [5.41, 5.74) is 7.20. The average molecular weight is 435 g/mol. The molecule has 0 atom stereocenters. The first-order chi connectivity index (χ1) is 16.1. The Morgan fingerprint density at radius 2 is 1.58 bits per heavy atom. The Balaban J connectivity index is 1.34. The van der Waals surface area contributed by atoms with Crippen LogP contribution in [0.2, 0.25) is 0 Å². The minimum absolute atomic E-state index is 0.0610. The van der Waals surface area contributed by atoms with Gasteiger partial charge in [0, 0.05) is 11.9 Å². The molecule has 0 radical (unpaired) electrons. The van der Waals surface area contributed by atoms with Crippen molar-refractivity contribution < 1.29 is 9.53 Å². The summed E-state index contributed by atoms with van der Waals surface area (Å²) in [5, 5.41) is 2.87. The van der Waals surface area contributed by atoms with Crippen LogP contribution in [0.5, 0.6) is 5.75 Å². The van der Waals surface area contributed by atoms with Crippen molar-refractivity contribution in [1.29, 1.82) is 0 Å². The zero-order valence-electron chi connectivity index (χ0n) is 18.8.